The summed E-state index contributed by atoms with van der Waals surface area (Å²) in [4.78, 5) is 0. The highest BCUT2D eigenvalue weighted by Crippen LogP contribution is 2.44. The standard InChI is InChI=1S/C31H41F/c1-2-3-4-24-11-15-28(16-12-24)30-19-21-31(22-20-30)29-17-13-26(14-18-29)6-5-25-7-9-27(23-32)10-8-25/h2,7-10,13-14,17-18,24,28,30-31H,1,3-6,11-12,15-16,19-23H2/t24-,28-,30?,31?. The van der Waals surface area contributed by atoms with Gasteiger partial charge in [0.2, 0.25) is 0 Å². The Morgan fingerprint density at radius 3 is 1.72 bits per heavy atom. The third kappa shape index (κ3) is 6.33. The first kappa shape index (κ1) is 23.3. The van der Waals surface area contributed by atoms with Crippen LogP contribution in [0.5, 0.6) is 0 Å². The van der Waals surface area contributed by atoms with Crippen LogP contribution in [0.15, 0.2) is 61.2 Å². The van der Waals surface area contributed by atoms with Crippen LogP contribution in [0.3, 0.4) is 0 Å². The molecule has 2 aliphatic rings. The Bertz CT molecular complexity index is 803. The third-order valence-corrected chi connectivity index (χ3v) is 8.44. The highest BCUT2D eigenvalue weighted by Gasteiger charge is 2.31. The Hall–Kier alpha value is -1.89. The lowest BCUT2D eigenvalue weighted by Gasteiger charge is -2.38. The quantitative estimate of drug-likeness (QED) is 0.347. The molecule has 2 aromatic rings. The van der Waals surface area contributed by atoms with Crippen molar-refractivity contribution in [3.05, 3.63) is 83.4 Å². The van der Waals surface area contributed by atoms with Gasteiger partial charge in [-0.1, -0.05) is 67.4 Å². The van der Waals surface area contributed by atoms with Crippen LogP contribution >= 0.6 is 0 Å². The molecule has 2 fully saturated rings. The van der Waals surface area contributed by atoms with Crippen molar-refractivity contribution < 1.29 is 4.39 Å². The summed E-state index contributed by atoms with van der Waals surface area (Å²) in [5.41, 5.74) is 5.02. The molecule has 2 saturated carbocycles. The number of allylic oxidation sites excluding steroid dienone is 1. The van der Waals surface area contributed by atoms with Crippen molar-refractivity contribution in [1.29, 1.82) is 0 Å². The molecule has 0 bridgehead atoms. The SMILES string of the molecule is C=CCC[C@H]1CC[C@H](C2CCC(c3ccc(CCc4ccc(CF)cc4)cc3)CC2)CC1. The number of alkyl halides is 1. The molecular weight excluding hydrogens is 391 g/mol. The Labute approximate surface area is 195 Å². The van der Waals surface area contributed by atoms with Crippen molar-refractivity contribution in [3.8, 4) is 0 Å². The Kier molecular flexibility index (Phi) is 8.60. The minimum Gasteiger partial charge on any atom is -0.246 e. The second kappa shape index (κ2) is 11.8. The van der Waals surface area contributed by atoms with E-state index in [2.05, 4.69) is 49.1 Å². The van der Waals surface area contributed by atoms with Crippen molar-refractivity contribution in [1.82, 2.24) is 0 Å². The van der Waals surface area contributed by atoms with Gasteiger partial charge < -0.3 is 0 Å². The van der Waals surface area contributed by atoms with E-state index in [1.54, 1.807) is 5.56 Å². The number of hydrogen-bond donors (Lipinski definition) is 0. The van der Waals surface area contributed by atoms with Crippen LogP contribution in [0.2, 0.25) is 0 Å². The molecule has 1 heteroatoms. The summed E-state index contributed by atoms with van der Waals surface area (Å²) in [5, 5.41) is 0. The van der Waals surface area contributed by atoms with Gasteiger partial charge in [0, 0.05) is 0 Å². The number of benzene rings is 2. The number of aryl methyl sites for hydroxylation is 2. The molecule has 0 amide bonds. The van der Waals surface area contributed by atoms with Crippen LogP contribution in [0.1, 0.15) is 92.4 Å². The highest BCUT2D eigenvalue weighted by atomic mass is 19.1. The number of halogens is 1. The summed E-state index contributed by atoms with van der Waals surface area (Å²) in [6.45, 7) is 3.51. The van der Waals surface area contributed by atoms with E-state index in [0.717, 1.165) is 42.1 Å². The minimum absolute atomic E-state index is 0.374. The fourth-order valence-electron chi connectivity index (χ4n) is 6.27. The van der Waals surface area contributed by atoms with Gasteiger partial charge in [0.05, 0.1) is 0 Å². The number of rotatable bonds is 9. The third-order valence-electron chi connectivity index (χ3n) is 8.44. The maximum absolute atomic E-state index is 12.7. The molecule has 0 aromatic heterocycles. The summed E-state index contributed by atoms with van der Waals surface area (Å²) < 4.78 is 12.7. The Morgan fingerprint density at radius 2 is 1.19 bits per heavy atom. The van der Waals surface area contributed by atoms with Crippen molar-refractivity contribution in [3.63, 3.8) is 0 Å². The molecule has 0 aliphatic heterocycles. The van der Waals surface area contributed by atoms with E-state index in [4.69, 9.17) is 0 Å². The fourth-order valence-corrected chi connectivity index (χ4v) is 6.27. The van der Waals surface area contributed by atoms with Crippen LogP contribution in [0.25, 0.3) is 0 Å². The Balaban J connectivity index is 1.20. The molecule has 0 nitrogen and oxygen atoms in total. The lowest BCUT2D eigenvalue weighted by molar-refractivity contribution is 0.157. The summed E-state index contributed by atoms with van der Waals surface area (Å²) in [6.07, 6.45) is 18.2. The van der Waals surface area contributed by atoms with Crippen LogP contribution in [0.4, 0.5) is 4.39 Å². The first-order valence-electron chi connectivity index (χ1n) is 13.1. The van der Waals surface area contributed by atoms with E-state index in [9.17, 15) is 4.39 Å². The van der Waals surface area contributed by atoms with Gasteiger partial charge in [0.15, 0.2) is 0 Å². The molecule has 0 heterocycles. The van der Waals surface area contributed by atoms with Gasteiger partial charge in [-0.2, -0.15) is 0 Å². The molecule has 0 radical (unpaired) electrons. The Morgan fingerprint density at radius 1 is 0.688 bits per heavy atom. The summed E-state index contributed by atoms with van der Waals surface area (Å²) in [6, 6.07) is 17.4. The van der Waals surface area contributed by atoms with Gasteiger partial charge in [-0.25, -0.2) is 4.39 Å². The number of hydrogen-bond acceptors (Lipinski definition) is 0. The monoisotopic (exact) mass is 432 g/mol. The van der Waals surface area contributed by atoms with Gasteiger partial charge in [-0.3, -0.25) is 0 Å². The lowest BCUT2D eigenvalue weighted by Crippen LogP contribution is -2.25. The molecule has 0 atom stereocenters. The van der Waals surface area contributed by atoms with Gasteiger partial charge >= 0.3 is 0 Å². The summed E-state index contributed by atoms with van der Waals surface area (Å²) in [5.74, 6) is 3.71. The van der Waals surface area contributed by atoms with E-state index in [1.807, 2.05) is 12.1 Å². The molecule has 0 spiro atoms. The molecule has 0 N–H and O–H groups in total. The van der Waals surface area contributed by atoms with Gasteiger partial charge in [0.1, 0.15) is 6.67 Å². The topological polar surface area (TPSA) is 0 Å². The summed E-state index contributed by atoms with van der Waals surface area (Å²) in [7, 11) is 0. The van der Waals surface area contributed by atoms with E-state index in [1.165, 1.54) is 75.3 Å². The predicted molar refractivity (Wildman–Crippen MR) is 135 cm³/mol. The van der Waals surface area contributed by atoms with E-state index in [0.29, 0.717) is 0 Å². The van der Waals surface area contributed by atoms with E-state index in [-0.39, 0.29) is 6.67 Å². The van der Waals surface area contributed by atoms with Crippen LogP contribution < -0.4 is 0 Å². The first-order chi connectivity index (χ1) is 15.7. The van der Waals surface area contributed by atoms with E-state index >= 15 is 0 Å². The van der Waals surface area contributed by atoms with Crippen LogP contribution in [-0.4, -0.2) is 0 Å². The zero-order valence-electron chi connectivity index (χ0n) is 19.8. The molecule has 2 aliphatic carbocycles. The zero-order chi connectivity index (χ0) is 22.2. The molecule has 2 aromatic carbocycles. The molecule has 32 heavy (non-hydrogen) atoms. The maximum atomic E-state index is 12.7. The van der Waals surface area contributed by atoms with Crippen LogP contribution in [0, 0.1) is 17.8 Å². The minimum atomic E-state index is -0.374. The second-order valence-corrected chi connectivity index (χ2v) is 10.5. The first-order valence-corrected chi connectivity index (χ1v) is 13.1. The molecule has 4 rings (SSSR count). The van der Waals surface area contributed by atoms with Crippen LogP contribution in [-0.2, 0) is 19.5 Å². The lowest BCUT2D eigenvalue weighted by atomic mass is 9.68. The smallest absolute Gasteiger partial charge is 0.115 e. The average molecular weight is 433 g/mol. The van der Waals surface area contributed by atoms with Crippen molar-refractivity contribution >= 4 is 0 Å². The van der Waals surface area contributed by atoms with Gasteiger partial charge in [-0.15, -0.1) is 6.58 Å². The van der Waals surface area contributed by atoms with Gasteiger partial charge in [-0.05, 0) is 110 Å². The van der Waals surface area contributed by atoms with E-state index < -0.39 is 0 Å². The average Bonchev–Trinajstić information content (AvgIpc) is 2.87. The van der Waals surface area contributed by atoms with Crippen molar-refractivity contribution in [2.45, 2.75) is 89.6 Å². The van der Waals surface area contributed by atoms with Gasteiger partial charge in [0.25, 0.3) is 0 Å². The summed E-state index contributed by atoms with van der Waals surface area (Å²) >= 11 is 0. The largest absolute Gasteiger partial charge is 0.246 e. The molecule has 0 saturated heterocycles. The van der Waals surface area contributed by atoms with Crippen molar-refractivity contribution in [2.75, 3.05) is 0 Å². The normalized spacial score (nSPS) is 26.0. The molecule has 0 unspecified atom stereocenters. The highest BCUT2D eigenvalue weighted by molar-refractivity contribution is 5.28. The fraction of sp³-hybridized carbons (Fsp3) is 0.548. The molecular formula is C31H41F. The maximum Gasteiger partial charge on any atom is 0.115 e. The molecule has 172 valence electrons. The second-order valence-electron chi connectivity index (χ2n) is 10.5. The zero-order valence-corrected chi connectivity index (χ0v) is 19.8. The van der Waals surface area contributed by atoms with Crippen molar-refractivity contribution in [2.24, 2.45) is 17.8 Å². The predicted octanol–water partition coefficient (Wildman–Crippen LogP) is 8.99.